The van der Waals surface area contributed by atoms with Gasteiger partial charge < -0.3 is 10.2 Å². The molecular formula is C18H20N4O. The lowest BCUT2D eigenvalue weighted by Crippen LogP contribution is -2.16. The Morgan fingerprint density at radius 3 is 2.74 bits per heavy atom. The Hall–Kier alpha value is -2.82. The molecule has 118 valence electrons. The number of hydrogen-bond acceptors (Lipinski definition) is 3. The molecule has 2 aromatic carbocycles. The quantitative estimate of drug-likeness (QED) is 0.778. The molecule has 0 aliphatic rings. The molecule has 0 saturated heterocycles. The summed E-state index contributed by atoms with van der Waals surface area (Å²) < 4.78 is 0. The average Bonchev–Trinajstić information content (AvgIpc) is 2.92. The van der Waals surface area contributed by atoms with Crippen LogP contribution in [0.4, 0.5) is 11.4 Å². The number of para-hydroxylation sites is 1. The molecule has 0 aliphatic carbocycles. The van der Waals surface area contributed by atoms with Crippen molar-refractivity contribution in [2.75, 3.05) is 24.3 Å². The highest BCUT2D eigenvalue weighted by molar-refractivity contribution is 5.95. The standard InChI is InChI=1S/C18H20N4O/c1-12-10-13(22(2)3)8-9-15(12)19-18(23)11-17-14-6-4-5-7-16(14)20-21-17/h4-10H,11H2,1-3H3,(H,19,23)(H,20,21). The van der Waals surface area contributed by atoms with E-state index < -0.39 is 0 Å². The van der Waals surface area contributed by atoms with Crippen molar-refractivity contribution in [3.05, 3.63) is 53.7 Å². The predicted octanol–water partition coefficient (Wildman–Crippen LogP) is 3.12. The first-order chi connectivity index (χ1) is 11.0. The van der Waals surface area contributed by atoms with Crippen molar-refractivity contribution >= 4 is 28.2 Å². The minimum Gasteiger partial charge on any atom is -0.378 e. The van der Waals surface area contributed by atoms with Gasteiger partial charge in [-0.1, -0.05) is 18.2 Å². The molecule has 0 fully saturated rings. The third-order valence-corrected chi connectivity index (χ3v) is 3.88. The maximum atomic E-state index is 12.3. The number of nitrogens with one attached hydrogen (secondary N) is 2. The smallest absolute Gasteiger partial charge is 0.230 e. The summed E-state index contributed by atoms with van der Waals surface area (Å²) >= 11 is 0. The highest BCUT2D eigenvalue weighted by Crippen LogP contribution is 2.22. The average molecular weight is 308 g/mol. The van der Waals surface area contributed by atoms with E-state index >= 15 is 0 Å². The van der Waals surface area contributed by atoms with Gasteiger partial charge in [0.1, 0.15) is 0 Å². The summed E-state index contributed by atoms with van der Waals surface area (Å²) in [7, 11) is 3.99. The van der Waals surface area contributed by atoms with Crippen LogP contribution in [0.25, 0.3) is 10.9 Å². The molecule has 0 saturated carbocycles. The number of aromatic amines is 1. The van der Waals surface area contributed by atoms with E-state index in [1.807, 2.05) is 62.3 Å². The molecule has 1 heterocycles. The van der Waals surface area contributed by atoms with Crippen LogP contribution in [0, 0.1) is 6.92 Å². The molecule has 0 bridgehead atoms. The van der Waals surface area contributed by atoms with Crippen LogP contribution in [-0.2, 0) is 11.2 Å². The predicted molar refractivity (Wildman–Crippen MR) is 93.9 cm³/mol. The van der Waals surface area contributed by atoms with Gasteiger partial charge in [-0.05, 0) is 36.8 Å². The maximum Gasteiger partial charge on any atom is 0.230 e. The monoisotopic (exact) mass is 308 g/mol. The number of benzene rings is 2. The van der Waals surface area contributed by atoms with Crippen molar-refractivity contribution in [2.45, 2.75) is 13.3 Å². The van der Waals surface area contributed by atoms with Crippen molar-refractivity contribution in [1.82, 2.24) is 10.2 Å². The third kappa shape index (κ3) is 3.18. The second-order valence-electron chi connectivity index (χ2n) is 5.84. The van der Waals surface area contributed by atoms with Gasteiger partial charge in [-0.2, -0.15) is 5.10 Å². The number of hydrogen-bond donors (Lipinski definition) is 2. The van der Waals surface area contributed by atoms with Crippen molar-refractivity contribution in [2.24, 2.45) is 0 Å². The van der Waals surface area contributed by atoms with Crippen LogP contribution in [-0.4, -0.2) is 30.2 Å². The van der Waals surface area contributed by atoms with Crippen LogP contribution < -0.4 is 10.2 Å². The van der Waals surface area contributed by atoms with Gasteiger partial charge in [0.25, 0.3) is 0 Å². The molecule has 0 atom stereocenters. The van der Waals surface area contributed by atoms with Gasteiger partial charge in [-0.25, -0.2) is 0 Å². The number of carbonyl (C=O) groups excluding carboxylic acids is 1. The van der Waals surface area contributed by atoms with Crippen LogP contribution in [0.3, 0.4) is 0 Å². The minimum atomic E-state index is -0.0555. The highest BCUT2D eigenvalue weighted by Gasteiger charge is 2.11. The number of amides is 1. The molecule has 1 aromatic heterocycles. The Balaban J connectivity index is 1.75. The number of aryl methyl sites for hydroxylation is 1. The van der Waals surface area contributed by atoms with E-state index in [0.29, 0.717) is 0 Å². The summed E-state index contributed by atoms with van der Waals surface area (Å²) in [5, 5.41) is 11.1. The molecule has 2 N–H and O–H groups in total. The Bertz CT molecular complexity index is 851. The first kappa shape index (κ1) is 15.1. The number of H-pyrrole nitrogens is 1. The lowest BCUT2D eigenvalue weighted by atomic mass is 10.1. The minimum absolute atomic E-state index is 0.0555. The van der Waals surface area contributed by atoms with Gasteiger partial charge >= 0.3 is 0 Å². The summed E-state index contributed by atoms with van der Waals surface area (Å²) in [4.78, 5) is 14.4. The van der Waals surface area contributed by atoms with E-state index in [2.05, 4.69) is 21.6 Å². The van der Waals surface area contributed by atoms with Gasteiger partial charge in [0.05, 0.1) is 17.6 Å². The topological polar surface area (TPSA) is 61.0 Å². The molecule has 3 aromatic rings. The number of rotatable bonds is 4. The number of carbonyl (C=O) groups is 1. The highest BCUT2D eigenvalue weighted by atomic mass is 16.1. The van der Waals surface area contributed by atoms with E-state index in [4.69, 9.17) is 0 Å². The van der Waals surface area contributed by atoms with Gasteiger partial charge in [0.2, 0.25) is 5.91 Å². The second kappa shape index (κ2) is 6.12. The SMILES string of the molecule is Cc1cc(N(C)C)ccc1NC(=O)Cc1[nH]nc2ccccc12. The molecule has 1 amide bonds. The first-order valence-corrected chi connectivity index (χ1v) is 7.54. The summed E-state index contributed by atoms with van der Waals surface area (Å²) in [5.74, 6) is -0.0555. The van der Waals surface area contributed by atoms with Gasteiger partial charge in [0.15, 0.2) is 0 Å². The van der Waals surface area contributed by atoms with Crippen LogP contribution in [0.5, 0.6) is 0 Å². The first-order valence-electron chi connectivity index (χ1n) is 7.54. The van der Waals surface area contributed by atoms with Crippen LogP contribution >= 0.6 is 0 Å². The number of fused-ring (bicyclic) bond motifs is 1. The van der Waals surface area contributed by atoms with Gasteiger partial charge in [-0.3, -0.25) is 9.89 Å². The van der Waals surface area contributed by atoms with Gasteiger partial charge in [-0.15, -0.1) is 0 Å². The second-order valence-corrected chi connectivity index (χ2v) is 5.84. The molecule has 3 rings (SSSR count). The van der Waals surface area contributed by atoms with Crippen LogP contribution in [0.15, 0.2) is 42.5 Å². The molecule has 23 heavy (non-hydrogen) atoms. The zero-order chi connectivity index (χ0) is 16.4. The summed E-state index contributed by atoms with van der Waals surface area (Å²) in [6.07, 6.45) is 0.273. The van der Waals surface area contributed by atoms with E-state index in [9.17, 15) is 4.79 Å². The summed E-state index contributed by atoms with van der Waals surface area (Å²) in [5.41, 5.74) is 4.70. The zero-order valence-electron chi connectivity index (χ0n) is 13.6. The van der Waals surface area contributed by atoms with E-state index in [1.54, 1.807) is 0 Å². The Morgan fingerprint density at radius 2 is 2.00 bits per heavy atom. The van der Waals surface area contributed by atoms with E-state index in [-0.39, 0.29) is 12.3 Å². The fourth-order valence-electron chi connectivity index (χ4n) is 2.57. The number of anilines is 2. The largest absolute Gasteiger partial charge is 0.378 e. The lowest BCUT2D eigenvalue weighted by Gasteiger charge is -2.15. The Labute approximate surface area is 135 Å². The molecule has 0 unspecified atom stereocenters. The van der Waals surface area contributed by atoms with E-state index in [1.165, 1.54) is 0 Å². The fourth-order valence-corrected chi connectivity index (χ4v) is 2.57. The van der Waals surface area contributed by atoms with Crippen molar-refractivity contribution in [1.29, 1.82) is 0 Å². The van der Waals surface area contributed by atoms with E-state index in [0.717, 1.165) is 33.5 Å². The number of aromatic nitrogens is 2. The van der Waals surface area contributed by atoms with Crippen molar-refractivity contribution in [3.63, 3.8) is 0 Å². The molecule has 0 aliphatic heterocycles. The molecule has 0 spiro atoms. The number of nitrogens with zero attached hydrogens (tertiary/aromatic N) is 2. The zero-order valence-corrected chi connectivity index (χ0v) is 13.6. The maximum absolute atomic E-state index is 12.3. The Morgan fingerprint density at radius 1 is 1.22 bits per heavy atom. The summed E-state index contributed by atoms with van der Waals surface area (Å²) in [6.45, 7) is 1.99. The van der Waals surface area contributed by atoms with Crippen LogP contribution in [0.2, 0.25) is 0 Å². The lowest BCUT2D eigenvalue weighted by molar-refractivity contribution is -0.115. The van der Waals surface area contributed by atoms with Crippen molar-refractivity contribution in [3.8, 4) is 0 Å². The van der Waals surface area contributed by atoms with Crippen molar-refractivity contribution < 1.29 is 4.79 Å². The normalized spacial score (nSPS) is 10.7. The molecule has 5 heteroatoms. The summed E-state index contributed by atoms with van der Waals surface area (Å²) in [6, 6.07) is 13.8. The third-order valence-electron chi connectivity index (χ3n) is 3.88. The fraction of sp³-hybridized carbons (Fsp3) is 0.222. The molecule has 5 nitrogen and oxygen atoms in total. The van der Waals surface area contributed by atoms with Gasteiger partial charge in [0, 0.05) is 30.9 Å². The molecular weight excluding hydrogens is 288 g/mol. The van der Waals surface area contributed by atoms with Crippen LogP contribution in [0.1, 0.15) is 11.3 Å². The molecule has 0 radical (unpaired) electrons. The Kier molecular flexibility index (Phi) is 4.02.